The molecule has 12 heteroatoms. The summed E-state index contributed by atoms with van der Waals surface area (Å²) < 4.78 is 19.7. The fourth-order valence-electron chi connectivity index (χ4n) is 4.24. The van der Waals surface area contributed by atoms with Crippen LogP contribution >= 0.6 is 43.2 Å². The molecule has 0 spiro atoms. The summed E-state index contributed by atoms with van der Waals surface area (Å²) in [6.07, 6.45) is 1.57. The second-order valence-electron chi connectivity index (χ2n) is 9.00. The molecule has 0 unspecified atom stereocenters. The van der Waals surface area contributed by atoms with Gasteiger partial charge in [0.2, 0.25) is 0 Å². The zero-order valence-corrected chi connectivity index (χ0v) is 26.1. The second kappa shape index (κ2) is 12.5. The third-order valence-electron chi connectivity index (χ3n) is 5.75. The normalized spacial score (nSPS) is 15.1. The summed E-state index contributed by atoms with van der Waals surface area (Å²) in [6.45, 7) is 6.94. The number of carboxylic acid groups (broad SMARTS) is 1. The molecule has 0 bridgehead atoms. The van der Waals surface area contributed by atoms with Crippen LogP contribution in [0, 0.1) is 0 Å². The van der Waals surface area contributed by atoms with Crippen molar-refractivity contribution in [2.45, 2.75) is 39.8 Å². The first-order chi connectivity index (χ1) is 19.0. The number of aliphatic carboxylic acids is 1. The van der Waals surface area contributed by atoms with E-state index >= 15 is 0 Å². The molecule has 0 saturated carbocycles. The van der Waals surface area contributed by atoms with Crippen LogP contribution in [0.25, 0.3) is 6.08 Å². The molecule has 0 aliphatic carbocycles. The van der Waals surface area contributed by atoms with Crippen molar-refractivity contribution in [3.05, 3.63) is 87.4 Å². The number of carbonyl (C=O) groups is 2. The molecule has 1 N–H and O–H groups in total. The molecule has 2 heterocycles. The van der Waals surface area contributed by atoms with Crippen LogP contribution in [0.2, 0.25) is 0 Å². The fourth-order valence-corrected chi connectivity index (χ4v) is 6.74. The zero-order chi connectivity index (χ0) is 29.1. The summed E-state index contributed by atoms with van der Waals surface area (Å²) in [7, 11) is 0. The predicted octanol–water partition coefficient (Wildman–Crippen LogP) is 4.57. The fraction of sp³-hybridized carbons (Fsp3) is 0.286. The molecule has 1 atom stereocenters. The Labute approximate surface area is 250 Å². The Morgan fingerprint density at radius 1 is 1.20 bits per heavy atom. The molecule has 0 amide bonds. The Balaban J connectivity index is 1.91. The van der Waals surface area contributed by atoms with Crippen molar-refractivity contribution in [3.63, 3.8) is 0 Å². The Kier molecular flexibility index (Phi) is 9.32. The van der Waals surface area contributed by atoms with Gasteiger partial charge in [-0.3, -0.25) is 9.36 Å². The molecular formula is C28H26Br2N2O7S. The molecule has 40 heavy (non-hydrogen) atoms. The first-order valence-corrected chi connectivity index (χ1v) is 14.7. The molecule has 2 aromatic carbocycles. The van der Waals surface area contributed by atoms with Gasteiger partial charge in [-0.05, 0) is 89.4 Å². The number of thiazole rings is 1. The number of nitrogens with zero attached hydrogens (tertiary/aromatic N) is 2. The van der Waals surface area contributed by atoms with Crippen LogP contribution < -0.4 is 24.4 Å². The van der Waals surface area contributed by atoms with Gasteiger partial charge in [0.05, 0.1) is 37.5 Å². The number of hydrogen-bond acceptors (Lipinski definition) is 8. The van der Waals surface area contributed by atoms with Crippen LogP contribution in [0.3, 0.4) is 0 Å². The van der Waals surface area contributed by atoms with E-state index in [0.29, 0.717) is 46.6 Å². The van der Waals surface area contributed by atoms with Gasteiger partial charge in [-0.2, -0.15) is 0 Å². The second-order valence-corrected chi connectivity index (χ2v) is 11.7. The van der Waals surface area contributed by atoms with Gasteiger partial charge in [0, 0.05) is 5.56 Å². The highest BCUT2D eigenvalue weighted by molar-refractivity contribution is 9.11. The van der Waals surface area contributed by atoms with Crippen LogP contribution in [-0.4, -0.2) is 40.9 Å². The average molecular weight is 694 g/mol. The van der Waals surface area contributed by atoms with E-state index in [4.69, 9.17) is 19.3 Å². The largest absolute Gasteiger partial charge is 0.491 e. The van der Waals surface area contributed by atoms with Crippen LogP contribution in [0.5, 0.6) is 11.5 Å². The highest BCUT2D eigenvalue weighted by Crippen LogP contribution is 2.37. The number of aromatic nitrogens is 1. The number of carboxylic acids is 1. The Morgan fingerprint density at radius 3 is 2.50 bits per heavy atom. The smallest absolute Gasteiger partial charge is 0.341 e. The van der Waals surface area contributed by atoms with Gasteiger partial charge in [-0.15, -0.1) is 0 Å². The quantitative estimate of drug-likeness (QED) is 0.327. The van der Waals surface area contributed by atoms with Gasteiger partial charge in [-0.1, -0.05) is 29.5 Å². The maximum atomic E-state index is 13.9. The minimum Gasteiger partial charge on any atom is -0.491 e. The van der Waals surface area contributed by atoms with Crippen molar-refractivity contribution in [1.29, 1.82) is 0 Å². The Bertz CT molecular complexity index is 1670. The van der Waals surface area contributed by atoms with Gasteiger partial charge in [-0.25, -0.2) is 14.6 Å². The Hall–Kier alpha value is -3.22. The standard InChI is InChI=1S/C28H26Br2N2O7S/c1-5-37-27(36)23-15(4)31-28-32(24(23)17-8-6-7-9-20(17)39-14(2)3)26(35)21(40-28)12-16-10-18(29)25(19(30)11-16)38-13-22(33)34/h6-12,14,24H,5,13H2,1-4H3,(H,33,34)/b21-12+/t24-/m0/s1. The summed E-state index contributed by atoms with van der Waals surface area (Å²) >= 11 is 8.02. The van der Waals surface area contributed by atoms with Crippen LogP contribution in [-0.2, 0) is 14.3 Å². The highest BCUT2D eigenvalue weighted by atomic mass is 79.9. The maximum absolute atomic E-state index is 13.9. The van der Waals surface area contributed by atoms with Gasteiger partial charge in [0.25, 0.3) is 5.56 Å². The topological polar surface area (TPSA) is 116 Å². The molecule has 0 saturated heterocycles. The average Bonchev–Trinajstić information content (AvgIpc) is 3.16. The summed E-state index contributed by atoms with van der Waals surface area (Å²) in [5.74, 6) is -0.764. The molecule has 3 aromatic rings. The summed E-state index contributed by atoms with van der Waals surface area (Å²) in [4.78, 5) is 43.1. The number of benzene rings is 2. The lowest BCUT2D eigenvalue weighted by atomic mass is 9.95. The van der Waals surface area contributed by atoms with Crippen molar-refractivity contribution in [1.82, 2.24) is 4.57 Å². The number of para-hydroxylation sites is 1. The lowest BCUT2D eigenvalue weighted by Crippen LogP contribution is -2.40. The van der Waals surface area contributed by atoms with Crippen molar-refractivity contribution in [2.75, 3.05) is 13.2 Å². The number of allylic oxidation sites excluding steroid dienone is 1. The number of ether oxygens (including phenoxy) is 3. The molecule has 1 aromatic heterocycles. The SMILES string of the molecule is CCOC(=O)C1=C(C)N=c2s/c(=C/c3cc(Br)c(OCC(=O)O)c(Br)c3)c(=O)n2[C@H]1c1ccccc1OC(C)C. The number of hydrogen-bond donors (Lipinski definition) is 1. The van der Waals surface area contributed by atoms with Crippen LogP contribution in [0.1, 0.15) is 44.9 Å². The predicted molar refractivity (Wildman–Crippen MR) is 158 cm³/mol. The molecule has 1 aliphatic heterocycles. The van der Waals surface area contributed by atoms with Gasteiger partial charge < -0.3 is 19.3 Å². The van der Waals surface area contributed by atoms with E-state index in [1.54, 1.807) is 32.1 Å². The molecule has 4 rings (SSSR count). The number of rotatable bonds is 9. The van der Waals surface area contributed by atoms with Crippen molar-refractivity contribution in [2.24, 2.45) is 4.99 Å². The highest BCUT2D eigenvalue weighted by Gasteiger charge is 2.35. The lowest BCUT2D eigenvalue weighted by Gasteiger charge is -2.26. The molecule has 210 valence electrons. The molecule has 9 nitrogen and oxygen atoms in total. The van der Waals surface area contributed by atoms with Crippen LogP contribution in [0.15, 0.2) is 66.4 Å². The van der Waals surface area contributed by atoms with E-state index in [9.17, 15) is 14.4 Å². The van der Waals surface area contributed by atoms with Gasteiger partial charge >= 0.3 is 11.9 Å². The van der Waals surface area contributed by atoms with E-state index in [1.165, 1.54) is 15.9 Å². The zero-order valence-electron chi connectivity index (χ0n) is 22.1. The number of halogens is 2. The summed E-state index contributed by atoms with van der Waals surface area (Å²) in [5.41, 5.74) is 1.70. The molecule has 0 radical (unpaired) electrons. The number of esters is 1. The van der Waals surface area contributed by atoms with Crippen molar-refractivity contribution in [3.8, 4) is 11.5 Å². The Morgan fingerprint density at radius 2 is 1.88 bits per heavy atom. The van der Waals surface area contributed by atoms with Gasteiger partial charge in [0.15, 0.2) is 11.4 Å². The minimum atomic E-state index is -1.10. The first-order valence-electron chi connectivity index (χ1n) is 12.3. The number of fused-ring (bicyclic) bond motifs is 1. The van der Waals surface area contributed by atoms with E-state index in [1.807, 2.05) is 38.1 Å². The summed E-state index contributed by atoms with van der Waals surface area (Å²) in [5, 5.41) is 8.94. The summed E-state index contributed by atoms with van der Waals surface area (Å²) in [6, 6.07) is 9.95. The lowest BCUT2D eigenvalue weighted by molar-refractivity contribution is -0.140. The maximum Gasteiger partial charge on any atom is 0.341 e. The van der Waals surface area contributed by atoms with Gasteiger partial charge in [0.1, 0.15) is 17.5 Å². The third kappa shape index (κ3) is 6.24. The van der Waals surface area contributed by atoms with E-state index in [-0.39, 0.29) is 23.8 Å². The van der Waals surface area contributed by atoms with E-state index < -0.39 is 24.6 Å². The van der Waals surface area contributed by atoms with Crippen molar-refractivity contribution < 1.29 is 28.9 Å². The minimum absolute atomic E-state index is 0.132. The van der Waals surface area contributed by atoms with E-state index in [0.717, 1.165) is 0 Å². The monoisotopic (exact) mass is 692 g/mol. The molecular weight excluding hydrogens is 668 g/mol. The van der Waals surface area contributed by atoms with Crippen molar-refractivity contribution >= 4 is 61.2 Å². The molecule has 1 aliphatic rings. The van der Waals surface area contributed by atoms with Crippen LogP contribution in [0.4, 0.5) is 0 Å². The van der Waals surface area contributed by atoms with E-state index in [2.05, 4.69) is 36.9 Å². The molecule has 0 fully saturated rings. The number of carbonyl (C=O) groups excluding carboxylic acids is 1. The third-order valence-corrected chi connectivity index (χ3v) is 7.91. The first kappa shape index (κ1) is 29.8.